The maximum absolute atomic E-state index is 13.2. The van der Waals surface area contributed by atoms with Crippen LogP contribution in [0.15, 0.2) is 36.7 Å². The molecule has 0 aromatic carbocycles. The summed E-state index contributed by atoms with van der Waals surface area (Å²) in [6.45, 7) is 2.47. The molecule has 0 N–H and O–H groups in total. The fraction of sp³-hybridized carbons (Fsp3) is 0.412. The average molecular weight is 352 g/mol. The molecule has 0 radical (unpaired) electrons. The van der Waals surface area contributed by atoms with Crippen molar-refractivity contribution in [2.45, 2.75) is 6.18 Å². The van der Waals surface area contributed by atoms with Crippen LogP contribution >= 0.6 is 0 Å². The van der Waals surface area contributed by atoms with E-state index >= 15 is 0 Å². The molecule has 132 valence electrons. The molecule has 0 amide bonds. The molecule has 25 heavy (non-hydrogen) atoms. The van der Waals surface area contributed by atoms with Gasteiger partial charge in [-0.3, -0.25) is 0 Å². The Morgan fingerprint density at radius 2 is 1.60 bits per heavy atom. The lowest BCUT2D eigenvalue weighted by Gasteiger charge is -2.25. The molecular formula is C17H16F4N4. The lowest BCUT2D eigenvalue weighted by atomic mass is 10.0. The quantitative estimate of drug-likeness (QED) is 0.777. The number of aromatic nitrogens is 2. The summed E-state index contributed by atoms with van der Waals surface area (Å²) in [5.74, 6) is 0.820. The number of rotatable bonds is 2. The Bertz CT molecular complexity index is 748. The van der Waals surface area contributed by atoms with Crippen LogP contribution in [0.4, 0.5) is 29.2 Å². The summed E-state index contributed by atoms with van der Waals surface area (Å²) in [6, 6.07) is 5.39. The van der Waals surface area contributed by atoms with Gasteiger partial charge in [-0.25, -0.2) is 14.4 Å². The molecule has 2 saturated heterocycles. The number of pyridine rings is 2. The molecule has 4 rings (SSSR count). The van der Waals surface area contributed by atoms with Crippen molar-refractivity contribution >= 4 is 11.6 Å². The van der Waals surface area contributed by atoms with Gasteiger partial charge in [-0.05, 0) is 24.3 Å². The molecule has 0 bridgehead atoms. The molecule has 2 atom stereocenters. The molecule has 0 aliphatic carbocycles. The Morgan fingerprint density at radius 3 is 2.20 bits per heavy atom. The Hall–Kier alpha value is -2.38. The minimum absolute atomic E-state index is 0.0101. The van der Waals surface area contributed by atoms with E-state index in [1.165, 1.54) is 24.5 Å². The third kappa shape index (κ3) is 3.01. The van der Waals surface area contributed by atoms with Crippen molar-refractivity contribution in [1.82, 2.24) is 9.97 Å². The molecule has 2 fully saturated rings. The van der Waals surface area contributed by atoms with E-state index in [1.807, 2.05) is 0 Å². The van der Waals surface area contributed by atoms with Crippen molar-refractivity contribution in [2.24, 2.45) is 11.8 Å². The Kier molecular flexibility index (Phi) is 3.77. The summed E-state index contributed by atoms with van der Waals surface area (Å²) >= 11 is 0. The standard InChI is InChI=1S/C17H16F4N4/c18-13-3-4-15(23-6-13)24-7-11-9-25(10-12(11)8-24)16-14(17(19,20)21)2-1-5-22-16/h1-6,11-12H,7-10H2. The van der Waals surface area contributed by atoms with Crippen LogP contribution in [-0.2, 0) is 6.18 Å². The lowest BCUT2D eigenvalue weighted by Crippen LogP contribution is -2.31. The van der Waals surface area contributed by atoms with Crippen LogP contribution in [-0.4, -0.2) is 36.1 Å². The fourth-order valence-electron chi connectivity index (χ4n) is 3.78. The van der Waals surface area contributed by atoms with Gasteiger partial charge in [0.1, 0.15) is 17.5 Å². The third-order valence-corrected chi connectivity index (χ3v) is 4.91. The molecular weight excluding hydrogens is 336 g/mol. The summed E-state index contributed by atoms with van der Waals surface area (Å²) in [5.41, 5.74) is -0.688. The van der Waals surface area contributed by atoms with E-state index in [9.17, 15) is 17.6 Å². The minimum atomic E-state index is -4.41. The van der Waals surface area contributed by atoms with Crippen LogP contribution in [0, 0.1) is 17.7 Å². The number of nitrogens with zero attached hydrogens (tertiary/aromatic N) is 4. The predicted octanol–water partition coefficient (Wildman–Crippen LogP) is 3.21. The fourth-order valence-corrected chi connectivity index (χ4v) is 3.78. The van der Waals surface area contributed by atoms with Crippen LogP contribution in [0.5, 0.6) is 0 Å². The van der Waals surface area contributed by atoms with Crippen molar-refractivity contribution < 1.29 is 17.6 Å². The largest absolute Gasteiger partial charge is 0.419 e. The summed E-state index contributed by atoms with van der Waals surface area (Å²) in [5, 5.41) is 0. The molecule has 8 heteroatoms. The number of anilines is 2. The monoisotopic (exact) mass is 352 g/mol. The molecule has 2 aromatic rings. The van der Waals surface area contributed by atoms with E-state index in [0.29, 0.717) is 32.0 Å². The maximum Gasteiger partial charge on any atom is 0.419 e. The second kappa shape index (κ2) is 5.86. The summed E-state index contributed by atoms with van der Waals surface area (Å²) < 4.78 is 52.6. The Morgan fingerprint density at radius 1 is 0.920 bits per heavy atom. The van der Waals surface area contributed by atoms with Gasteiger partial charge in [0, 0.05) is 44.2 Å². The van der Waals surface area contributed by atoms with Gasteiger partial charge in [-0.15, -0.1) is 0 Å². The first-order valence-electron chi connectivity index (χ1n) is 8.05. The zero-order valence-electron chi connectivity index (χ0n) is 13.2. The highest BCUT2D eigenvalue weighted by molar-refractivity contribution is 5.51. The van der Waals surface area contributed by atoms with E-state index in [4.69, 9.17) is 0 Å². The highest BCUT2D eigenvalue weighted by Gasteiger charge is 2.43. The number of hydrogen-bond donors (Lipinski definition) is 0. The van der Waals surface area contributed by atoms with E-state index in [0.717, 1.165) is 6.07 Å². The Balaban J connectivity index is 1.49. The van der Waals surface area contributed by atoms with Crippen LogP contribution < -0.4 is 9.80 Å². The smallest absolute Gasteiger partial charge is 0.356 e. The van der Waals surface area contributed by atoms with Crippen LogP contribution in [0.1, 0.15) is 5.56 Å². The molecule has 4 nitrogen and oxygen atoms in total. The molecule has 0 spiro atoms. The van der Waals surface area contributed by atoms with Gasteiger partial charge < -0.3 is 9.80 Å². The van der Waals surface area contributed by atoms with Gasteiger partial charge in [0.2, 0.25) is 0 Å². The van der Waals surface area contributed by atoms with Crippen LogP contribution in [0.25, 0.3) is 0 Å². The van der Waals surface area contributed by atoms with Crippen molar-refractivity contribution in [3.63, 3.8) is 0 Å². The number of halogens is 4. The van der Waals surface area contributed by atoms with E-state index in [-0.39, 0.29) is 23.5 Å². The SMILES string of the molecule is Fc1ccc(N2CC3CN(c4ncccc4C(F)(F)F)CC3C2)nc1. The highest BCUT2D eigenvalue weighted by atomic mass is 19.4. The Labute approximate surface area is 142 Å². The summed E-state index contributed by atoms with van der Waals surface area (Å²) in [7, 11) is 0. The first-order chi connectivity index (χ1) is 11.9. The minimum Gasteiger partial charge on any atom is -0.356 e. The molecule has 2 aliphatic heterocycles. The van der Waals surface area contributed by atoms with Gasteiger partial charge in [0.25, 0.3) is 0 Å². The zero-order chi connectivity index (χ0) is 17.6. The molecule has 2 aliphatic rings. The average Bonchev–Trinajstić information content (AvgIpc) is 3.13. The van der Waals surface area contributed by atoms with Gasteiger partial charge in [-0.2, -0.15) is 13.2 Å². The molecule has 4 heterocycles. The van der Waals surface area contributed by atoms with E-state index < -0.39 is 11.7 Å². The van der Waals surface area contributed by atoms with E-state index in [2.05, 4.69) is 14.9 Å². The van der Waals surface area contributed by atoms with Crippen molar-refractivity contribution in [3.8, 4) is 0 Å². The van der Waals surface area contributed by atoms with Crippen molar-refractivity contribution in [1.29, 1.82) is 0 Å². The van der Waals surface area contributed by atoms with E-state index in [1.54, 1.807) is 11.0 Å². The second-order valence-electron chi connectivity index (χ2n) is 6.54. The number of hydrogen-bond acceptors (Lipinski definition) is 4. The first kappa shape index (κ1) is 16.1. The first-order valence-corrected chi connectivity index (χ1v) is 8.05. The second-order valence-corrected chi connectivity index (χ2v) is 6.54. The predicted molar refractivity (Wildman–Crippen MR) is 84.8 cm³/mol. The molecule has 2 aromatic heterocycles. The summed E-state index contributed by atoms with van der Waals surface area (Å²) in [4.78, 5) is 11.9. The van der Waals surface area contributed by atoms with Gasteiger partial charge in [-0.1, -0.05) is 0 Å². The third-order valence-electron chi connectivity index (χ3n) is 4.91. The summed E-state index contributed by atoms with van der Waals surface area (Å²) in [6.07, 6.45) is -1.84. The van der Waals surface area contributed by atoms with Gasteiger partial charge in [0.05, 0.1) is 11.8 Å². The number of alkyl halides is 3. The maximum atomic E-state index is 13.2. The molecule has 2 unspecified atom stereocenters. The van der Waals surface area contributed by atoms with Crippen molar-refractivity contribution in [2.75, 3.05) is 36.0 Å². The molecule has 0 saturated carbocycles. The topological polar surface area (TPSA) is 32.3 Å². The van der Waals surface area contributed by atoms with Crippen LogP contribution in [0.2, 0.25) is 0 Å². The highest BCUT2D eigenvalue weighted by Crippen LogP contribution is 2.40. The number of fused-ring (bicyclic) bond motifs is 1. The van der Waals surface area contributed by atoms with Gasteiger partial charge in [0.15, 0.2) is 0 Å². The normalized spacial score (nSPS) is 23.2. The lowest BCUT2D eigenvalue weighted by molar-refractivity contribution is -0.137. The van der Waals surface area contributed by atoms with Crippen molar-refractivity contribution in [3.05, 3.63) is 48.0 Å². The van der Waals surface area contributed by atoms with Crippen LogP contribution in [0.3, 0.4) is 0 Å². The van der Waals surface area contributed by atoms with Gasteiger partial charge >= 0.3 is 6.18 Å². The zero-order valence-corrected chi connectivity index (χ0v) is 13.2.